The maximum absolute atomic E-state index is 12.4. The molecule has 0 heterocycles. The number of hydrogen-bond acceptors (Lipinski definition) is 6. The molecule has 0 aliphatic carbocycles. The van der Waals surface area contributed by atoms with Crippen LogP contribution in [0.25, 0.3) is 21.5 Å². The summed E-state index contributed by atoms with van der Waals surface area (Å²) in [5.74, 6) is 0.415. The van der Waals surface area contributed by atoms with Crippen LogP contribution in [0.5, 0.6) is 11.5 Å². The number of fused-ring (bicyclic) bond motifs is 2. The van der Waals surface area contributed by atoms with Crippen LogP contribution in [-0.2, 0) is 9.47 Å². The second-order valence-electron chi connectivity index (χ2n) is 7.10. The Morgan fingerprint density at radius 2 is 1.28 bits per heavy atom. The van der Waals surface area contributed by atoms with Crippen molar-refractivity contribution in [3.05, 3.63) is 46.4 Å². The van der Waals surface area contributed by atoms with Gasteiger partial charge in [-0.05, 0) is 25.0 Å². The highest BCUT2D eigenvalue weighted by Crippen LogP contribution is 2.47. The number of rotatable bonds is 8. The van der Waals surface area contributed by atoms with E-state index in [1.54, 1.807) is 36.4 Å². The average molecular weight is 479 g/mol. The van der Waals surface area contributed by atoms with E-state index in [-0.39, 0.29) is 34.8 Å². The number of halogens is 2. The molecule has 0 saturated heterocycles. The molecule has 0 aromatic heterocycles. The lowest BCUT2D eigenvalue weighted by molar-refractivity contribution is 0.0970. The molecule has 6 nitrogen and oxygen atoms in total. The van der Waals surface area contributed by atoms with E-state index in [1.165, 1.54) is 0 Å². The first-order valence-electron chi connectivity index (χ1n) is 10.5. The van der Waals surface area contributed by atoms with Crippen LogP contribution in [-0.4, -0.2) is 25.5 Å². The fourth-order valence-electron chi connectivity index (χ4n) is 3.16. The summed E-state index contributed by atoms with van der Waals surface area (Å²) >= 11 is 12.8. The molecule has 0 N–H and O–H groups in total. The molecule has 170 valence electrons. The molecule has 3 rings (SSSR count). The summed E-state index contributed by atoms with van der Waals surface area (Å²) < 4.78 is 21.5. The normalized spacial score (nSPS) is 10.9. The lowest BCUT2D eigenvalue weighted by Gasteiger charge is -2.17. The molecular weight excluding hydrogens is 455 g/mol. The minimum absolute atomic E-state index is 0.162. The summed E-state index contributed by atoms with van der Waals surface area (Å²) in [6, 6.07) is 10.3. The Kier molecular flexibility index (Phi) is 8.42. The van der Waals surface area contributed by atoms with Crippen molar-refractivity contribution in [1.29, 1.82) is 0 Å². The Bertz CT molecular complexity index is 1130. The second kappa shape index (κ2) is 11.2. The van der Waals surface area contributed by atoms with Gasteiger partial charge in [0.15, 0.2) is 11.5 Å². The molecule has 0 atom stereocenters. The monoisotopic (exact) mass is 478 g/mol. The Balaban J connectivity index is 2.13. The Hall–Kier alpha value is -2.70. The van der Waals surface area contributed by atoms with Gasteiger partial charge in [-0.1, -0.05) is 74.2 Å². The van der Waals surface area contributed by atoms with Crippen LogP contribution in [0.15, 0.2) is 36.4 Å². The zero-order chi connectivity index (χ0) is 23.1. The molecule has 3 aromatic carbocycles. The molecule has 0 radical (unpaired) electrons. The summed E-state index contributed by atoms with van der Waals surface area (Å²) in [6.45, 7) is 4.48. The zero-order valence-electron chi connectivity index (χ0n) is 17.9. The van der Waals surface area contributed by atoms with Gasteiger partial charge in [0, 0.05) is 21.5 Å². The van der Waals surface area contributed by atoms with Crippen molar-refractivity contribution in [3.8, 4) is 11.5 Å². The maximum Gasteiger partial charge on any atom is 0.513 e. The molecule has 0 saturated carbocycles. The van der Waals surface area contributed by atoms with E-state index in [0.717, 1.165) is 25.7 Å². The minimum Gasteiger partial charge on any atom is -0.434 e. The molecule has 32 heavy (non-hydrogen) atoms. The Labute approximate surface area is 196 Å². The van der Waals surface area contributed by atoms with Gasteiger partial charge < -0.3 is 18.9 Å². The average Bonchev–Trinajstić information content (AvgIpc) is 2.78. The van der Waals surface area contributed by atoms with Gasteiger partial charge >= 0.3 is 12.3 Å². The number of hydrogen-bond donors (Lipinski definition) is 0. The molecule has 8 heteroatoms. The summed E-state index contributed by atoms with van der Waals surface area (Å²) in [7, 11) is 0. The number of unbranched alkanes of at least 4 members (excludes halogenated alkanes) is 2. The van der Waals surface area contributed by atoms with Gasteiger partial charge in [0.05, 0.1) is 23.3 Å². The van der Waals surface area contributed by atoms with E-state index in [9.17, 15) is 9.59 Å². The minimum atomic E-state index is -0.853. The Morgan fingerprint density at radius 3 is 1.84 bits per heavy atom. The van der Waals surface area contributed by atoms with Crippen molar-refractivity contribution >= 4 is 57.1 Å². The third kappa shape index (κ3) is 5.37. The number of benzene rings is 3. The predicted octanol–water partition coefficient (Wildman–Crippen LogP) is 7.93. The lowest BCUT2D eigenvalue weighted by atomic mass is 10.0. The molecule has 0 amide bonds. The van der Waals surface area contributed by atoms with Crippen LogP contribution in [0.2, 0.25) is 10.0 Å². The van der Waals surface area contributed by atoms with Gasteiger partial charge in [-0.2, -0.15) is 0 Å². The highest BCUT2D eigenvalue weighted by atomic mass is 35.5. The lowest BCUT2D eigenvalue weighted by Crippen LogP contribution is -2.14. The van der Waals surface area contributed by atoms with E-state index >= 15 is 0 Å². The summed E-state index contributed by atoms with van der Waals surface area (Å²) in [5.41, 5.74) is 0. The largest absolute Gasteiger partial charge is 0.513 e. The smallest absolute Gasteiger partial charge is 0.434 e. The van der Waals surface area contributed by atoms with E-state index in [1.807, 2.05) is 13.8 Å². The molecule has 0 bridgehead atoms. The third-order valence-corrected chi connectivity index (χ3v) is 5.59. The zero-order valence-corrected chi connectivity index (χ0v) is 19.4. The van der Waals surface area contributed by atoms with Gasteiger partial charge in [0.2, 0.25) is 0 Å². The number of carbonyl (C=O) groups is 2. The summed E-state index contributed by atoms with van der Waals surface area (Å²) in [6.07, 6.45) is 1.52. The van der Waals surface area contributed by atoms with Crippen molar-refractivity contribution in [2.45, 2.75) is 39.5 Å². The SMILES string of the molecule is CCCCOC(=O)Oc1c2ccccc2c(OC(=O)OCCCC)c2c(Cl)c(Cl)ccc12. The fourth-order valence-corrected chi connectivity index (χ4v) is 3.57. The molecule has 0 fully saturated rings. The van der Waals surface area contributed by atoms with E-state index < -0.39 is 12.3 Å². The van der Waals surface area contributed by atoms with Crippen LogP contribution in [0.4, 0.5) is 9.59 Å². The van der Waals surface area contributed by atoms with Crippen molar-refractivity contribution in [2.75, 3.05) is 13.2 Å². The number of carbonyl (C=O) groups excluding carboxylic acids is 2. The van der Waals surface area contributed by atoms with Gasteiger partial charge in [-0.3, -0.25) is 0 Å². The van der Waals surface area contributed by atoms with Crippen molar-refractivity contribution in [1.82, 2.24) is 0 Å². The molecule has 0 spiro atoms. The van der Waals surface area contributed by atoms with Crippen molar-refractivity contribution in [3.63, 3.8) is 0 Å². The van der Waals surface area contributed by atoms with Gasteiger partial charge in [0.25, 0.3) is 0 Å². The van der Waals surface area contributed by atoms with Gasteiger partial charge in [0.1, 0.15) is 0 Å². The predicted molar refractivity (Wildman–Crippen MR) is 125 cm³/mol. The van der Waals surface area contributed by atoms with Crippen molar-refractivity contribution in [2.24, 2.45) is 0 Å². The third-order valence-electron chi connectivity index (χ3n) is 4.79. The van der Waals surface area contributed by atoms with E-state index in [0.29, 0.717) is 21.5 Å². The highest BCUT2D eigenvalue weighted by molar-refractivity contribution is 6.46. The quantitative estimate of drug-likeness (QED) is 0.141. The van der Waals surface area contributed by atoms with Crippen LogP contribution >= 0.6 is 23.2 Å². The van der Waals surface area contributed by atoms with Crippen LogP contribution < -0.4 is 9.47 Å². The maximum atomic E-state index is 12.4. The first kappa shape index (κ1) is 24.0. The second-order valence-corrected chi connectivity index (χ2v) is 7.88. The van der Waals surface area contributed by atoms with E-state index in [4.69, 9.17) is 42.1 Å². The fraction of sp³-hybridized carbons (Fsp3) is 0.333. The standard InChI is InChI=1S/C24H24Cl2O6/c1-3-5-13-29-23(27)31-21-15-9-7-8-10-16(15)22(32-24(28)30-14-6-4-2)19-17(21)11-12-18(25)20(19)26/h7-12H,3-6,13-14H2,1-2H3. The van der Waals surface area contributed by atoms with Gasteiger partial charge in [-0.25, -0.2) is 9.59 Å². The highest BCUT2D eigenvalue weighted by Gasteiger charge is 2.23. The van der Waals surface area contributed by atoms with E-state index in [2.05, 4.69) is 0 Å². The topological polar surface area (TPSA) is 71.1 Å². The van der Waals surface area contributed by atoms with Crippen molar-refractivity contribution < 1.29 is 28.5 Å². The molecule has 0 aliphatic heterocycles. The number of ether oxygens (including phenoxy) is 4. The van der Waals surface area contributed by atoms with Gasteiger partial charge in [-0.15, -0.1) is 0 Å². The summed E-state index contributed by atoms with van der Waals surface area (Å²) in [5, 5.41) is 2.25. The molecular formula is C24H24Cl2O6. The molecule has 0 unspecified atom stereocenters. The Morgan fingerprint density at radius 1 is 0.750 bits per heavy atom. The van der Waals surface area contributed by atoms with Crippen LogP contribution in [0, 0.1) is 0 Å². The summed E-state index contributed by atoms with van der Waals surface area (Å²) in [4.78, 5) is 24.7. The first-order chi connectivity index (χ1) is 15.5. The molecule has 0 aliphatic rings. The van der Waals surface area contributed by atoms with Crippen LogP contribution in [0.3, 0.4) is 0 Å². The molecule has 3 aromatic rings. The van der Waals surface area contributed by atoms with Crippen LogP contribution in [0.1, 0.15) is 39.5 Å². The first-order valence-corrected chi connectivity index (χ1v) is 11.2.